The molecular formula is C14H15F4NO2. The van der Waals surface area contributed by atoms with E-state index < -0.39 is 29.6 Å². The molecule has 1 aromatic carbocycles. The van der Waals surface area contributed by atoms with Gasteiger partial charge in [-0.3, -0.25) is 9.69 Å². The molecule has 21 heavy (non-hydrogen) atoms. The lowest BCUT2D eigenvalue weighted by Crippen LogP contribution is -2.44. The third kappa shape index (κ3) is 3.72. The number of aliphatic carboxylic acids is 1. The highest BCUT2D eigenvalue weighted by Gasteiger charge is 2.32. The Morgan fingerprint density at radius 3 is 2.67 bits per heavy atom. The number of carboxylic acids is 1. The molecule has 1 heterocycles. The highest BCUT2D eigenvalue weighted by molar-refractivity contribution is 5.73. The molecule has 0 amide bonds. The summed E-state index contributed by atoms with van der Waals surface area (Å²) in [5, 5.41) is 9.12. The Labute approximate surface area is 119 Å². The van der Waals surface area contributed by atoms with E-state index in [2.05, 4.69) is 0 Å². The van der Waals surface area contributed by atoms with Crippen molar-refractivity contribution in [1.29, 1.82) is 0 Å². The molecule has 0 spiro atoms. The molecule has 0 aromatic heterocycles. The van der Waals surface area contributed by atoms with E-state index in [0.717, 1.165) is 25.0 Å². The van der Waals surface area contributed by atoms with Gasteiger partial charge in [-0.15, -0.1) is 0 Å². The van der Waals surface area contributed by atoms with E-state index >= 15 is 0 Å². The zero-order valence-corrected chi connectivity index (χ0v) is 11.2. The van der Waals surface area contributed by atoms with Crippen molar-refractivity contribution in [1.82, 2.24) is 4.90 Å². The van der Waals surface area contributed by atoms with Crippen LogP contribution in [0.5, 0.6) is 0 Å². The molecule has 0 saturated carbocycles. The first-order valence-electron chi connectivity index (χ1n) is 6.61. The zero-order chi connectivity index (χ0) is 15.6. The number of likely N-dealkylation sites (tertiary alicyclic amines) is 1. The second kappa shape index (κ2) is 6.01. The van der Waals surface area contributed by atoms with E-state index in [1.54, 1.807) is 0 Å². The first-order chi connectivity index (χ1) is 9.79. The van der Waals surface area contributed by atoms with Crippen LogP contribution in [0.1, 0.15) is 30.4 Å². The molecule has 116 valence electrons. The minimum Gasteiger partial charge on any atom is -0.480 e. The molecule has 2 rings (SSSR count). The number of hydrogen-bond acceptors (Lipinski definition) is 2. The Hall–Kier alpha value is -1.63. The van der Waals surface area contributed by atoms with Crippen LogP contribution in [0, 0.1) is 5.82 Å². The van der Waals surface area contributed by atoms with Crippen molar-refractivity contribution in [2.45, 2.75) is 38.0 Å². The number of piperidine rings is 1. The molecule has 0 bridgehead atoms. The van der Waals surface area contributed by atoms with Gasteiger partial charge in [-0.1, -0.05) is 6.42 Å². The fourth-order valence-electron chi connectivity index (χ4n) is 2.55. The standard InChI is InChI=1S/C14H15F4NO2/c15-11-5-4-10(14(16,17)18)7-9(11)8-19-6-2-1-3-12(19)13(20)21/h4-5,7,12H,1-3,6,8H2,(H,20,21). The largest absolute Gasteiger partial charge is 0.480 e. The Bertz CT molecular complexity index is 530. The summed E-state index contributed by atoms with van der Waals surface area (Å²) in [6.45, 7) is 0.305. The highest BCUT2D eigenvalue weighted by atomic mass is 19.4. The number of rotatable bonds is 3. The van der Waals surface area contributed by atoms with Crippen LogP contribution in [0.4, 0.5) is 17.6 Å². The smallest absolute Gasteiger partial charge is 0.416 e. The normalized spacial score (nSPS) is 20.5. The fraction of sp³-hybridized carbons (Fsp3) is 0.500. The lowest BCUT2D eigenvalue weighted by Gasteiger charge is -2.33. The predicted octanol–water partition coefficient (Wildman–Crippen LogP) is 3.28. The first-order valence-corrected chi connectivity index (χ1v) is 6.61. The molecule has 1 saturated heterocycles. The van der Waals surface area contributed by atoms with Crippen LogP contribution in [-0.2, 0) is 17.5 Å². The molecular weight excluding hydrogens is 290 g/mol. The summed E-state index contributed by atoms with van der Waals surface area (Å²) in [5.74, 6) is -1.78. The van der Waals surface area contributed by atoms with Gasteiger partial charge in [0.25, 0.3) is 0 Å². The topological polar surface area (TPSA) is 40.5 Å². The van der Waals surface area contributed by atoms with Gasteiger partial charge >= 0.3 is 12.1 Å². The number of benzene rings is 1. The van der Waals surface area contributed by atoms with Gasteiger partial charge in [0.15, 0.2) is 0 Å². The van der Waals surface area contributed by atoms with Crippen molar-refractivity contribution < 1.29 is 27.5 Å². The van der Waals surface area contributed by atoms with Crippen molar-refractivity contribution in [3.05, 3.63) is 35.1 Å². The average molecular weight is 305 g/mol. The number of carbonyl (C=O) groups is 1. The minimum atomic E-state index is -4.55. The van der Waals surface area contributed by atoms with E-state index in [1.807, 2.05) is 0 Å². The Morgan fingerprint density at radius 1 is 1.33 bits per heavy atom. The van der Waals surface area contributed by atoms with Gasteiger partial charge in [-0.2, -0.15) is 13.2 Å². The number of hydrogen-bond donors (Lipinski definition) is 1. The molecule has 1 aliphatic rings. The summed E-state index contributed by atoms with van der Waals surface area (Å²) in [4.78, 5) is 12.7. The van der Waals surface area contributed by atoms with E-state index in [-0.39, 0.29) is 12.1 Å². The monoisotopic (exact) mass is 305 g/mol. The maximum absolute atomic E-state index is 13.7. The number of carboxylic acid groups (broad SMARTS) is 1. The van der Waals surface area contributed by atoms with E-state index in [4.69, 9.17) is 5.11 Å². The van der Waals surface area contributed by atoms with Gasteiger partial charge in [0, 0.05) is 12.1 Å². The second-order valence-corrected chi connectivity index (χ2v) is 5.12. The van der Waals surface area contributed by atoms with Gasteiger partial charge in [0.05, 0.1) is 5.56 Å². The van der Waals surface area contributed by atoms with Crippen LogP contribution in [0.15, 0.2) is 18.2 Å². The molecule has 3 nitrogen and oxygen atoms in total. The maximum atomic E-state index is 13.7. The van der Waals surface area contributed by atoms with E-state index in [1.165, 1.54) is 4.90 Å². The van der Waals surface area contributed by atoms with Crippen molar-refractivity contribution in [2.75, 3.05) is 6.54 Å². The molecule has 1 aromatic rings. The summed E-state index contributed by atoms with van der Waals surface area (Å²) in [5.41, 5.74) is -1.05. The van der Waals surface area contributed by atoms with Crippen molar-refractivity contribution in [3.8, 4) is 0 Å². The number of nitrogens with zero attached hydrogens (tertiary/aromatic N) is 1. The van der Waals surface area contributed by atoms with Crippen LogP contribution >= 0.6 is 0 Å². The zero-order valence-electron chi connectivity index (χ0n) is 11.2. The molecule has 1 N–H and O–H groups in total. The van der Waals surface area contributed by atoms with E-state index in [0.29, 0.717) is 19.0 Å². The minimum absolute atomic E-state index is 0.127. The van der Waals surface area contributed by atoms with Crippen LogP contribution < -0.4 is 0 Å². The molecule has 0 radical (unpaired) electrons. The summed E-state index contributed by atoms with van der Waals surface area (Å²) >= 11 is 0. The number of halogens is 4. The van der Waals surface area contributed by atoms with Crippen molar-refractivity contribution in [3.63, 3.8) is 0 Å². The summed E-state index contributed by atoms with van der Waals surface area (Å²) in [6.07, 6.45) is -2.62. The summed E-state index contributed by atoms with van der Waals surface area (Å²) in [7, 11) is 0. The van der Waals surface area contributed by atoms with Crippen LogP contribution in [0.2, 0.25) is 0 Å². The lowest BCUT2D eigenvalue weighted by molar-refractivity contribution is -0.145. The lowest BCUT2D eigenvalue weighted by atomic mass is 10.0. The molecule has 0 aliphatic carbocycles. The summed E-state index contributed by atoms with van der Waals surface area (Å²) in [6, 6.07) is 1.44. The fourth-order valence-corrected chi connectivity index (χ4v) is 2.55. The third-order valence-electron chi connectivity index (χ3n) is 3.65. The molecule has 1 aliphatic heterocycles. The molecule has 1 atom stereocenters. The molecule has 1 fully saturated rings. The van der Waals surface area contributed by atoms with E-state index in [9.17, 15) is 22.4 Å². The van der Waals surface area contributed by atoms with Gasteiger partial charge in [0.1, 0.15) is 11.9 Å². The third-order valence-corrected chi connectivity index (χ3v) is 3.65. The average Bonchev–Trinajstić information content (AvgIpc) is 2.40. The Morgan fingerprint density at radius 2 is 2.05 bits per heavy atom. The van der Waals surface area contributed by atoms with Gasteiger partial charge < -0.3 is 5.11 Å². The Balaban J connectivity index is 2.23. The first kappa shape index (κ1) is 15.8. The van der Waals surface area contributed by atoms with Crippen LogP contribution in [-0.4, -0.2) is 28.6 Å². The van der Waals surface area contributed by atoms with Crippen LogP contribution in [0.3, 0.4) is 0 Å². The highest BCUT2D eigenvalue weighted by Crippen LogP contribution is 2.31. The van der Waals surface area contributed by atoms with Crippen molar-refractivity contribution in [2.24, 2.45) is 0 Å². The Kier molecular flexibility index (Phi) is 4.51. The quantitative estimate of drug-likeness (QED) is 0.871. The molecule has 7 heteroatoms. The van der Waals surface area contributed by atoms with Gasteiger partial charge in [0.2, 0.25) is 0 Å². The predicted molar refractivity (Wildman–Crippen MR) is 67.1 cm³/mol. The number of alkyl halides is 3. The van der Waals surface area contributed by atoms with Gasteiger partial charge in [-0.25, -0.2) is 4.39 Å². The van der Waals surface area contributed by atoms with Crippen LogP contribution in [0.25, 0.3) is 0 Å². The van der Waals surface area contributed by atoms with Gasteiger partial charge in [-0.05, 0) is 37.6 Å². The molecule has 1 unspecified atom stereocenters. The SMILES string of the molecule is O=C(O)C1CCCCN1Cc1cc(C(F)(F)F)ccc1F. The maximum Gasteiger partial charge on any atom is 0.416 e. The second-order valence-electron chi connectivity index (χ2n) is 5.12. The summed E-state index contributed by atoms with van der Waals surface area (Å²) < 4.78 is 51.7. The van der Waals surface area contributed by atoms with Crippen molar-refractivity contribution >= 4 is 5.97 Å².